The van der Waals surface area contributed by atoms with E-state index >= 15 is 0 Å². The second-order valence-corrected chi connectivity index (χ2v) is 5.12. The number of rotatable bonds is 10. The van der Waals surface area contributed by atoms with Gasteiger partial charge in [-0.2, -0.15) is 5.10 Å². The van der Waals surface area contributed by atoms with Crippen LogP contribution >= 0.6 is 0 Å². The Balaban J connectivity index is 2.07. The first-order valence-electron chi connectivity index (χ1n) is 8.08. The summed E-state index contributed by atoms with van der Waals surface area (Å²) in [7, 11) is 1.64. The third-order valence-electron chi connectivity index (χ3n) is 3.40. The van der Waals surface area contributed by atoms with Gasteiger partial charge in [0.25, 0.3) is 0 Å². The highest BCUT2D eigenvalue weighted by Crippen LogP contribution is 2.31. The third-order valence-corrected chi connectivity index (χ3v) is 3.40. The van der Waals surface area contributed by atoms with Gasteiger partial charge < -0.3 is 14.2 Å². The normalized spacial score (nSPS) is 10.7. The molecule has 6 heteroatoms. The van der Waals surface area contributed by atoms with E-state index in [1.807, 2.05) is 25.1 Å². The van der Waals surface area contributed by atoms with Crippen LogP contribution < -0.4 is 9.47 Å². The molecule has 0 aliphatic carbocycles. The van der Waals surface area contributed by atoms with E-state index in [-0.39, 0.29) is 0 Å². The highest BCUT2D eigenvalue weighted by molar-refractivity contribution is 5.60. The summed E-state index contributed by atoms with van der Waals surface area (Å²) in [6, 6.07) is 5.75. The van der Waals surface area contributed by atoms with Gasteiger partial charge >= 0.3 is 0 Å². The molecule has 23 heavy (non-hydrogen) atoms. The van der Waals surface area contributed by atoms with Crippen molar-refractivity contribution in [2.45, 2.75) is 33.1 Å². The van der Waals surface area contributed by atoms with Crippen LogP contribution in [0.25, 0.3) is 11.4 Å². The van der Waals surface area contributed by atoms with E-state index in [9.17, 15) is 0 Å². The molecule has 0 amide bonds. The van der Waals surface area contributed by atoms with Gasteiger partial charge in [0, 0.05) is 18.6 Å². The molecule has 1 N–H and O–H groups in total. The summed E-state index contributed by atoms with van der Waals surface area (Å²) in [6.07, 6.45) is 2.84. The SMILES string of the molecule is CCCCOc1ccc(-c2n[nH]c(CCOCC)n2)cc1OC. The molecule has 1 heterocycles. The third kappa shape index (κ3) is 4.96. The largest absolute Gasteiger partial charge is 0.493 e. The second kappa shape index (κ2) is 9.15. The highest BCUT2D eigenvalue weighted by Gasteiger charge is 2.11. The van der Waals surface area contributed by atoms with E-state index < -0.39 is 0 Å². The number of nitrogens with one attached hydrogen (secondary N) is 1. The van der Waals surface area contributed by atoms with Crippen LogP contribution in [-0.4, -0.2) is 42.1 Å². The molecule has 0 atom stereocenters. The van der Waals surface area contributed by atoms with Crippen LogP contribution in [0.1, 0.15) is 32.5 Å². The maximum Gasteiger partial charge on any atom is 0.181 e. The summed E-state index contributed by atoms with van der Waals surface area (Å²) in [5, 5.41) is 7.20. The second-order valence-electron chi connectivity index (χ2n) is 5.12. The zero-order valence-electron chi connectivity index (χ0n) is 14.1. The maximum absolute atomic E-state index is 5.74. The summed E-state index contributed by atoms with van der Waals surface area (Å²) >= 11 is 0. The van der Waals surface area contributed by atoms with Gasteiger partial charge in [-0.05, 0) is 31.5 Å². The van der Waals surface area contributed by atoms with Crippen LogP contribution in [0.5, 0.6) is 11.5 Å². The Bertz CT molecular complexity index is 599. The van der Waals surface area contributed by atoms with Gasteiger partial charge in [-0.1, -0.05) is 13.3 Å². The molecule has 6 nitrogen and oxygen atoms in total. The Hall–Kier alpha value is -2.08. The zero-order valence-corrected chi connectivity index (χ0v) is 14.1. The Labute approximate surface area is 137 Å². The summed E-state index contributed by atoms with van der Waals surface area (Å²) < 4.78 is 16.5. The van der Waals surface area contributed by atoms with E-state index in [4.69, 9.17) is 14.2 Å². The topological polar surface area (TPSA) is 69.3 Å². The lowest BCUT2D eigenvalue weighted by Crippen LogP contribution is -1.99. The van der Waals surface area contributed by atoms with E-state index in [0.29, 0.717) is 31.4 Å². The molecule has 0 saturated carbocycles. The van der Waals surface area contributed by atoms with Crippen LogP contribution in [0.2, 0.25) is 0 Å². The number of aromatic nitrogens is 3. The molecule has 0 aliphatic heterocycles. The number of hydrogen-bond donors (Lipinski definition) is 1. The van der Waals surface area contributed by atoms with Gasteiger partial charge in [0.05, 0.1) is 20.3 Å². The Morgan fingerprint density at radius 3 is 2.74 bits per heavy atom. The number of methoxy groups -OCH3 is 1. The van der Waals surface area contributed by atoms with Crippen LogP contribution in [0.4, 0.5) is 0 Å². The van der Waals surface area contributed by atoms with Gasteiger partial charge in [0.15, 0.2) is 17.3 Å². The molecule has 2 rings (SSSR count). The number of nitrogens with zero attached hydrogens (tertiary/aromatic N) is 2. The predicted molar refractivity (Wildman–Crippen MR) is 89.0 cm³/mol. The van der Waals surface area contributed by atoms with Crippen LogP contribution in [0, 0.1) is 0 Å². The fraction of sp³-hybridized carbons (Fsp3) is 0.529. The number of ether oxygens (including phenoxy) is 3. The van der Waals surface area contributed by atoms with Crippen molar-refractivity contribution in [3.63, 3.8) is 0 Å². The molecular formula is C17H25N3O3. The molecule has 126 valence electrons. The molecular weight excluding hydrogens is 294 g/mol. The average molecular weight is 319 g/mol. The van der Waals surface area contributed by atoms with Gasteiger partial charge in [0.1, 0.15) is 5.82 Å². The summed E-state index contributed by atoms with van der Waals surface area (Å²) in [6.45, 7) is 6.14. The van der Waals surface area contributed by atoms with Crippen LogP contribution in [0.3, 0.4) is 0 Å². The van der Waals surface area contributed by atoms with Gasteiger partial charge in [0.2, 0.25) is 0 Å². The standard InChI is InChI=1S/C17H25N3O3/c1-4-6-10-23-14-8-7-13(12-15(14)21-3)17-18-16(19-20-17)9-11-22-5-2/h7-8,12H,4-6,9-11H2,1-3H3,(H,18,19,20). The van der Waals surface area contributed by atoms with Crippen molar-refractivity contribution in [3.8, 4) is 22.9 Å². The smallest absolute Gasteiger partial charge is 0.181 e. The molecule has 0 fully saturated rings. The lowest BCUT2D eigenvalue weighted by atomic mass is 10.2. The van der Waals surface area contributed by atoms with Crippen molar-refractivity contribution in [1.82, 2.24) is 15.2 Å². The molecule has 0 saturated heterocycles. The number of H-pyrrole nitrogens is 1. The first-order chi connectivity index (χ1) is 11.3. The fourth-order valence-corrected chi connectivity index (χ4v) is 2.10. The van der Waals surface area contributed by atoms with Crippen LogP contribution in [0.15, 0.2) is 18.2 Å². The van der Waals surface area contributed by atoms with E-state index in [1.165, 1.54) is 0 Å². The van der Waals surface area contributed by atoms with E-state index in [1.54, 1.807) is 7.11 Å². The number of hydrogen-bond acceptors (Lipinski definition) is 5. The van der Waals surface area contributed by atoms with Crippen molar-refractivity contribution in [1.29, 1.82) is 0 Å². The Morgan fingerprint density at radius 2 is 2.00 bits per heavy atom. The molecule has 1 aromatic carbocycles. The van der Waals surface area contributed by atoms with Gasteiger partial charge in [-0.3, -0.25) is 5.10 Å². The number of aromatic amines is 1. The maximum atomic E-state index is 5.74. The molecule has 0 radical (unpaired) electrons. The lowest BCUT2D eigenvalue weighted by molar-refractivity contribution is 0.149. The minimum absolute atomic E-state index is 0.638. The molecule has 0 spiro atoms. The summed E-state index contributed by atoms with van der Waals surface area (Å²) in [5.74, 6) is 2.90. The van der Waals surface area contributed by atoms with Gasteiger partial charge in [-0.25, -0.2) is 4.98 Å². The molecule has 0 bridgehead atoms. The van der Waals surface area contributed by atoms with Crippen molar-refractivity contribution in [2.24, 2.45) is 0 Å². The van der Waals surface area contributed by atoms with E-state index in [2.05, 4.69) is 22.1 Å². The monoisotopic (exact) mass is 319 g/mol. The average Bonchev–Trinajstić information content (AvgIpc) is 3.04. The van der Waals surface area contributed by atoms with Crippen molar-refractivity contribution >= 4 is 0 Å². The van der Waals surface area contributed by atoms with E-state index in [0.717, 1.165) is 36.4 Å². The fourth-order valence-electron chi connectivity index (χ4n) is 2.10. The lowest BCUT2D eigenvalue weighted by Gasteiger charge is -2.11. The molecule has 0 aliphatic rings. The van der Waals surface area contributed by atoms with Crippen molar-refractivity contribution in [3.05, 3.63) is 24.0 Å². The highest BCUT2D eigenvalue weighted by atomic mass is 16.5. The number of unbranched alkanes of at least 4 members (excludes halogenated alkanes) is 1. The molecule has 2 aromatic rings. The quantitative estimate of drug-likeness (QED) is 0.681. The first-order valence-corrected chi connectivity index (χ1v) is 8.08. The van der Waals surface area contributed by atoms with Crippen molar-refractivity contribution in [2.75, 3.05) is 26.9 Å². The Morgan fingerprint density at radius 1 is 1.13 bits per heavy atom. The number of benzene rings is 1. The van der Waals surface area contributed by atoms with Gasteiger partial charge in [-0.15, -0.1) is 0 Å². The van der Waals surface area contributed by atoms with Crippen molar-refractivity contribution < 1.29 is 14.2 Å². The molecule has 0 unspecified atom stereocenters. The van der Waals surface area contributed by atoms with Crippen LogP contribution in [-0.2, 0) is 11.2 Å². The predicted octanol–water partition coefficient (Wildman–Crippen LogP) is 3.24. The zero-order chi connectivity index (χ0) is 16.5. The Kier molecular flexibility index (Phi) is 6.87. The first kappa shape index (κ1) is 17.3. The summed E-state index contributed by atoms with van der Waals surface area (Å²) in [4.78, 5) is 4.49. The summed E-state index contributed by atoms with van der Waals surface area (Å²) in [5.41, 5.74) is 0.892. The molecule has 1 aromatic heterocycles. The minimum atomic E-state index is 0.638. The minimum Gasteiger partial charge on any atom is -0.493 e.